The van der Waals surface area contributed by atoms with Gasteiger partial charge in [-0.2, -0.15) is 0 Å². The number of rotatable bonds is 7. The third-order valence-electron chi connectivity index (χ3n) is 4.07. The van der Waals surface area contributed by atoms with Crippen LogP contribution in [0.5, 0.6) is 5.75 Å². The number of benzene rings is 2. The van der Waals surface area contributed by atoms with Crippen LogP contribution in [0, 0.1) is 0 Å². The zero-order chi connectivity index (χ0) is 19.4. The van der Waals surface area contributed by atoms with Crippen LogP contribution in [-0.2, 0) is 6.54 Å². The van der Waals surface area contributed by atoms with Crippen molar-refractivity contribution < 1.29 is 9.53 Å². The van der Waals surface area contributed by atoms with Crippen LogP contribution in [0.3, 0.4) is 0 Å². The number of hydrogen-bond acceptors (Lipinski definition) is 5. The normalized spacial score (nSPS) is 10.9. The van der Waals surface area contributed by atoms with E-state index in [4.69, 9.17) is 16.3 Å². The van der Waals surface area contributed by atoms with E-state index in [1.807, 2.05) is 6.92 Å². The van der Waals surface area contributed by atoms with Crippen molar-refractivity contribution in [3.8, 4) is 5.75 Å². The van der Waals surface area contributed by atoms with Gasteiger partial charge in [0.25, 0.3) is 5.56 Å². The highest BCUT2D eigenvalue weighted by Crippen LogP contribution is 2.22. The van der Waals surface area contributed by atoms with Gasteiger partial charge >= 0.3 is 0 Å². The summed E-state index contributed by atoms with van der Waals surface area (Å²) in [6.45, 7) is 2.54. The van der Waals surface area contributed by atoms with Crippen LogP contribution in [0.1, 0.15) is 23.7 Å². The Labute approximate surface area is 166 Å². The van der Waals surface area contributed by atoms with Crippen molar-refractivity contribution in [3.05, 3.63) is 63.4 Å². The van der Waals surface area contributed by atoms with E-state index in [0.29, 0.717) is 38.9 Å². The lowest BCUT2D eigenvalue weighted by molar-refractivity contribution is 0.102. The van der Waals surface area contributed by atoms with Crippen LogP contribution >= 0.6 is 23.4 Å². The summed E-state index contributed by atoms with van der Waals surface area (Å²) in [6, 6.07) is 12.0. The highest BCUT2D eigenvalue weighted by molar-refractivity contribution is 7.99. The van der Waals surface area contributed by atoms with Crippen molar-refractivity contribution in [2.24, 2.45) is 0 Å². The first-order valence-corrected chi connectivity index (χ1v) is 9.90. The Morgan fingerprint density at radius 3 is 2.63 bits per heavy atom. The fourth-order valence-corrected chi connectivity index (χ4v) is 3.78. The second-order valence-corrected chi connectivity index (χ2v) is 7.33. The lowest BCUT2D eigenvalue weighted by atomic mass is 10.1. The van der Waals surface area contributed by atoms with E-state index in [1.165, 1.54) is 11.8 Å². The van der Waals surface area contributed by atoms with Crippen molar-refractivity contribution in [1.29, 1.82) is 0 Å². The van der Waals surface area contributed by atoms with Gasteiger partial charge in [-0.3, -0.25) is 14.2 Å². The van der Waals surface area contributed by atoms with Gasteiger partial charge in [-0.05, 0) is 48.9 Å². The smallest absolute Gasteiger partial charge is 0.262 e. The molecule has 1 heterocycles. The average molecular weight is 403 g/mol. The molecule has 0 unspecified atom stereocenters. The van der Waals surface area contributed by atoms with Crippen molar-refractivity contribution in [2.45, 2.75) is 25.0 Å². The molecule has 1 aromatic heterocycles. The number of carbonyl (C=O) groups excluding carboxylic acids is 1. The van der Waals surface area contributed by atoms with Crippen LogP contribution < -0.4 is 10.3 Å². The summed E-state index contributed by atoms with van der Waals surface area (Å²) >= 11 is 7.30. The van der Waals surface area contributed by atoms with Crippen molar-refractivity contribution in [2.75, 3.05) is 12.9 Å². The van der Waals surface area contributed by atoms with E-state index in [0.717, 1.165) is 6.42 Å². The number of hydrogen-bond donors (Lipinski definition) is 0. The molecule has 140 valence electrons. The molecule has 0 fully saturated rings. The van der Waals surface area contributed by atoms with Gasteiger partial charge in [-0.1, -0.05) is 30.3 Å². The zero-order valence-electron chi connectivity index (χ0n) is 15.1. The predicted molar refractivity (Wildman–Crippen MR) is 109 cm³/mol. The van der Waals surface area contributed by atoms with Gasteiger partial charge in [0.2, 0.25) is 0 Å². The molecule has 0 aliphatic rings. The lowest BCUT2D eigenvalue weighted by Gasteiger charge is -2.12. The third-order valence-corrected chi connectivity index (χ3v) is 5.29. The van der Waals surface area contributed by atoms with Gasteiger partial charge in [0.05, 0.1) is 23.8 Å². The first-order valence-electron chi connectivity index (χ1n) is 8.53. The number of aromatic nitrogens is 2. The summed E-state index contributed by atoms with van der Waals surface area (Å²) in [4.78, 5) is 29.9. The highest BCUT2D eigenvalue weighted by Gasteiger charge is 2.14. The Morgan fingerprint density at radius 2 is 1.96 bits per heavy atom. The molecule has 5 nitrogen and oxygen atoms in total. The molecule has 0 amide bonds. The standard InChI is InChI=1S/C20H19ClN2O3S/c1-3-10-23-19(25)16-9-6-14(21)11-17(16)22-20(23)27-12-18(24)13-4-7-15(26-2)8-5-13/h4-9,11H,3,10,12H2,1-2H3. The summed E-state index contributed by atoms with van der Waals surface area (Å²) < 4.78 is 6.74. The number of Topliss-reactive ketones (excluding diaryl/α,β-unsaturated/α-hetero) is 1. The van der Waals surface area contributed by atoms with E-state index < -0.39 is 0 Å². The van der Waals surface area contributed by atoms with Gasteiger partial charge < -0.3 is 4.74 Å². The number of methoxy groups -OCH3 is 1. The monoisotopic (exact) mass is 402 g/mol. The van der Waals surface area contributed by atoms with Crippen molar-refractivity contribution in [3.63, 3.8) is 0 Å². The topological polar surface area (TPSA) is 61.2 Å². The molecule has 0 saturated carbocycles. The van der Waals surface area contributed by atoms with Crippen LogP contribution in [0.4, 0.5) is 0 Å². The fraction of sp³-hybridized carbons (Fsp3) is 0.250. The van der Waals surface area contributed by atoms with Crippen molar-refractivity contribution >= 4 is 40.0 Å². The Kier molecular flexibility index (Phi) is 6.19. The highest BCUT2D eigenvalue weighted by atomic mass is 35.5. The van der Waals surface area contributed by atoms with E-state index in [9.17, 15) is 9.59 Å². The molecule has 3 aromatic rings. The molecule has 0 bridgehead atoms. The molecule has 0 radical (unpaired) electrons. The fourth-order valence-electron chi connectivity index (χ4n) is 2.70. The minimum absolute atomic E-state index is 0.0360. The molecule has 0 saturated heterocycles. The summed E-state index contributed by atoms with van der Waals surface area (Å²) in [5.74, 6) is 0.851. The molecular weight excluding hydrogens is 384 g/mol. The molecule has 0 spiro atoms. The van der Waals surface area contributed by atoms with Crippen LogP contribution in [0.25, 0.3) is 10.9 Å². The number of ether oxygens (including phenoxy) is 1. The third kappa shape index (κ3) is 4.34. The second kappa shape index (κ2) is 8.59. The Hall–Kier alpha value is -2.31. The number of ketones is 1. The lowest BCUT2D eigenvalue weighted by Crippen LogP contribution is -2.23. The molecule has 0 aliphatic carbocycles. The summed E-state index contributed by atoms with van der Waals surface area (Å²) in [6.07, 6.45) is 0.792. The van der Waals surface area contributed by atoms with Crippen LogP contribution in [-0.4, -0.2) is 28.2 Å². The number of thioether (sulfide) groups is 1. The number of nitrogens with zero attached hydrogens (tertiary/aromatic N) is 2. The SMILES string of the molecule is CCCn1c(SCC(=O)c2ccc(OC)cc2)nc2cc(Cl)ccc2c1=O. The van der Waals surface area contributed by atoms with E-state index in [2.05, 4.69) is 4.98 Å². The molecule has 0 aliphatic heterocycles. The number of carbonyl (C=O) groups is 1. The second-order valence-electron chi connectivity index (χ2n) is 5.95. The minimum atomic E-state index is -0.113. The summed E-state index contributed by atoms with van der Waals surface area (Å²) in [5.41, 5.74) is 1.02. The molecule has 0 atom stereocenters. The summed E-state index contributed by atoms with van der Waals surface area (Å²) in [7, 11) is 1.58. The number of fused-ring (bicyclic) bond motifs is 1. The van der Waals surface area contributed by atoms with E-state index in [-0.39, 0.29) is 17.1 Å². The first-order chi connectivity index (χ1) is 13.0. The largest absolute Gasteiger partial charge is 0.497 e. The van der Waals surface area contributed by atoms with Gasteiger partial charge in [-0.15, -0.1) is 0 Å². The zero-order valence-corrected chi connectivity index (χ0v) is 16.6. The van der Waals surface area contributed by atoms with E-state index >= 15 is 0 Å². The molecule has 0 N–H and O–H groups in total. The Bertz CT molecular complexity index is 1030. The quantitative estimate of drug-likeness (QED) is 0.332. The minimum Gasteiger partial charge on any atom is -0.497 e. The molecule has 3 rings (SSSR count). The Morgan fingerprint density at radius 1 is 1.22 bits per heavy atom. The van der Waals surface area contributed by atoms with E-state index in [1.54, 1.807) is 54.1 Å². The van der Waals surface area contributed by atoms with Gasteiger partial charge in [-0.25, -0.2) is 4.98 Å². The Balaban J connectivity index is 1.89. The van der Waals surface area contributed by atoms with Gasteiger partial charge in [0.1, 0.15) is 5.75 Å². The van der Waals surface area contributed by atoms with Gasteiger partial charge in [0, 0.05) is 17.1 Å². The molecule has 27 heavy (non-hydrogen) atoms. The summed E-state index contributed by atoms with van der Waals surface area (Å²) in [5, 5.41) is 1.57. The predicted octanol–water partition coefficient (Wildman–Crippen LogP) is 4.44. The molecule has 7 heteroatoms. The molecule has 2 aromatic carbocycles. The first kappa shape index (κ1) is 19.5. The van der Waals surface area contributed by atoms with Gasteiger partial charge in [0.15, 0.2) is 10.9 Å². The van der Waals surface area contributed by atoms with Crippen LogP contribution in [0.2, 0.25) is 5.02 Å². The average Bonchev–Trinajstić information content (AvgIpc) is 2.68. The van der Waals surface area contributed by atoms with Crippen molar-refractivity contribution in [1.82, 2.24) is 9.55 Å². The maximum absolute atomic E-state index is 12.8. The molecular formula is C20H19ClN2O3S. The van der Waals surface area contributed by atoms with Crippen LogP contribution in [0.15, 0.2) is 52.4 Å². The number of halogens is 1. The maximum Gasteiger partial charge on any atom is 0.262 e. The maximum atomic E-state index is 12.8.